The van der Waals surface area contributed by atoms with Crippen molar-refractivity contribution in [3.05, 3.63) is 30.2 Å². The molecule has 0 unspecified atom stereocenters. The third-order valence-corrected chi connectivity index (χ3v) is 3.81. The van der Waals surface area contributed by atoms with E-state index in [0.717, 1.165) is 37.3 Å². The van der Waals surface area contributed by atoms with Crippen molar-refractivity contribution in [2.75, 3.05) is 26.2 Å². The first-order valence-corrected chi connectivity index (χ1v) is 8.29. The highest BCUT2D eigenvalue weighted by molar-refractivity contribution is 5.78. The summed E-state index contributed by atoms with van der Waals surface area (Å²) >= 11 is 0. The maximum absolute atomic E-state index is 11.4. The lowest BCUT2D eigenvalue weighted by atomic mass is 10.2. The van der Waals surface area contributed by atoms with Gasteiger partial charge in [-0.3, -0.25) is 9.69 Å². The summed E-state index contributed by atoms with van der Waals surface area (Å²) in [7, 11) is 0. The first kappa shape index (κ1) is 16.4. The van der Waals surface area contributed by atoms with Crippen LogP contribution in [0.2, 0.25) is 0 Å². The molecule has 1 fully saturated rings. The van der Waals surface area contributed by atoms with E-state index < -0.39 is 0 Å². The number of aromatic nitrogens is 2. The van der Waals surface area contributed by atoms with E-state index in [4.69, 9.17) is 9.15 Å². The third kappa shape index (κ3) is 4.32. The molecule has 7 heteroatoms. The van der Waals surface area contributed by atoms with Crippen LogP contribution in [0.15, 0.2) is 28.7 Å². The fraction of sp³-hybridized carbons (Fsp3) is 0.471. The molecule has 1 aliphatic heterocycles. The molecule has 2 aromatic rings. The highest BCUT2D eigenvalue weighted by atomic mass is 16.5. The van der Waals surface area contributed by atoms with Gasteiger partial charge >= 0.3 is 0 Å². The average molecular weight is 330 g/mol. The van der Waals surface area contributed by atoms with Crippen molar-refractivity contribution in [3.8, 4) is 17.2 Å². The number of nitrogens with one attached hydrogen (secondary N) is 1. The molecule has 24 heavy (non-hydrogen) atoms. The number of piperazine rings is 1. The van der Waals surface area contributed by atoms with Crippen molar-refractivity contribution < 1.29 is 13.9 Å². The molecule has 1 aromatic carbocycles. The quantitative estimate of drug-likeness (QED) is 0.780. The number of amides is 1. The van der Waals surface area contributed by atoms with Crippen LogP contribution in [0.4, 0.5) is 0 Å². The largest absolute Gasteiger partial charge is 0.494 e. The summed E-state index contributed by atoms with van der Waals surface area (Å²) < 4.78 is 11.4. The van der Waals surface area contributed by atoms with E-state index >= 15 is 0 Å². The van der Waals surface area contributed by atoms with Gasteiger partial charge in [0, 0.05) is 18.7 Å². The topological polar surface area (TPSA) is 80.5 Å². The van der Waals surface area contributed by atoms with Crippen molar-refractivity contribution in [2.45, 2.75) is 26.3 Å². The molecule has 0 saturated carbocycles. The Hall–Kier alpha value is -2.41. The average Bonchev–Trinajstić information content (AvgIpc) is 3.04. The maximum Gasteiger partial charge on any atom is 0.247 e. The summed E-state index contributed by atoms with van der Waals surface area (Å²) in [6, 6.07) is 7.63. The van der Waals surface area contributed by atoms with Crippen LogP contribution in [0.3, 0.4) is 0 Å². The van der Waals surface area contributed by atoms with Gasteiger partial charge in [-0.1, -0.05) is 13.3 Å². The van der Waals surface area contributed by atoms with Crippen LogP contribution in [0.5, 0.6) is 5.75 Å². The lowest BCUT2D eigenvalue weighted by Gasteiger charge is -2.24. The van der Waals surface area contributed by atoms with Crippen molar-refractivity contribution in [1.29, 1.82) is 0 Å². The van der Waals surface area contributed by atoms with E-state index in [1.807, 2.05) is 29.2 Å². The van der Waals surface area contributed by atoms with E-state index in [1.54, 1.807) is 0 Å². The van der Waals surface area contributed by atoms with Gasteiger partial charge < -0.3 is 14.5 Å². The van der Waals surface area contributed by atoms with Crippen LogP contribution in [0.25, 0.3) is 11.5 Å². The zero-order valence-corrected chi connectivity index (χ0v) is 13.8. The third-order valence-electron chi connectivity index (χ3n) is 3.81. The molecule has 1 saturated heterocycles. The van der Waals surface area contributed by atoms with Crippen molar-refractivity contribution in [2.24, 2.45) is 0 Å². The minimum Gasteiger partial charge on any atom is -0.494 e. The molecular formula is C17H22N4O3. The molecule has 0 atom stereocenters. The van der Waals surface area contributed by atoms with Gasteiger partial charge in [-0.2, -0.15) is 0 Å². The normalized spacial score (nSPS) is 15.3. The van der Waals surface area contributed by atoms with Gasteiger partial charge in [0.05, 0.1) is 19.7 Å². The van der Waals surface area contributed by atoms with Gasteiger partial charge in [0.1, 0.15) is 5.75 Å². The van der Waals surface area contributed by atoms with Gasteiger partial charge in [-0.05, 0) is 30.7 Å². The van der Waals surface area contributed by atoms with Crippen LogP contribution in [-0.4, -0.2) is 47.2 Å². The Labute approximate surface area is 141 Å². The zero-order valence-electron chi connectivity index (χ0n) is 13.8. The summed E-state index contributed by atoms with van der Waals surface area (Å²) in [5.41, 5.74) is 0.855. The SMILES string of the molecule is CCCCOc1ccc(-c2nnc(CN3CCNC(=O)C3)o2)cc1. The Bertz CT molecular complexity index is 669. The van der Waals surface area contributed by atoms with Gasteiger partial charge in [0.15, 0.2) is 0 Å². The van der Waals surface area contributed by atoms with E-state index in [2.05, 4.69) is 22.4 Å². The van der Waals surface area contributed by atoms with Crippen molar-refractivity contribution in [1.82, 2.24) is 20.4 Å². The molecule has 1 aliphatic rings. The molecule has 1 N–H and O–H groups in total. The smallest absolute Gasteiger partial charge is 0.247 e. The Morgan fingerprint density at radius 3 is 2.88 bits per heavy atom. The highest BCUT2D eigenvalue weighted by Gasteiger charge is 2.19. The second-order valence-corrected chi connectivity index (χ2v) is 5.79. The molecule has 2 heterocycles. The number of unbranched alkanes of at least 4 members (excludes halogenated alkanes) is 1. The summed E-state index contributed by atoms with van der Waals surface area (Å²) in [6.07, 6.45) is 2.16. The summed E-state index contributed by atoms with van der Waals surface area (Å²) in [5.74, 6) is 1.86. The van der Waals surface area contributed by atoms with E-state index in [0.29, 0.717) is 31.4 Å². The summed E-state index contributed by atoms with van der Waals surface area (Å²) in [4.78, 5) is 13.4. The molecule has 1 aromatic heterocycles. The van der Waals surface area contributed by atoms with Crippen LogP contribution >= 0.6 is 0 Å². The van der Waals surface area contributed by atoms with Gasteiger partial charge in [0.2, 0.25) is 17.7 Å². The molecule has 0 radical (unpaired) electrons. The number of hydrogen-bond donors (Lipinski definition) is 1. The first-order chi connectivity index (χ1) is 11.7. The van der Waals surface area contributed by atoms with E-state index in [9.17, 15) is 4.79 Å². The van der Waals surface area contributed by atoms with E-state index in [1.165, 1.54) is 0 Å². The van der Waals surface area contributed by atoms with Crippen LogP contribution in [-0.2, 0) is 11.3 Å². The van der Waals surface area contributed by atoms with Gasteiger partial charge in [-0.15, -0.1) is 10.2 Å². The second kappa shape index (κ2) is 7.92. The summed E-state index contributed by atoms with van der Waals surface area (Å²) in [5, 5.41) is 11.0. The zero-order chi connectivity index (χ0) is 16.8. The van der Waals surface area contributed by atoms with Crippen LogP contribution < -0.4 is 10.1 Å². The molecule has 7 nitrogen and oxygen atoms in total. The number of benzene rings is 1. The molecule has 128 valence electrons. The lowest BCUT2D eigenvalue weighted by molar-refractivity contribution is -0.124. The Morgan fingerprint density at radius 1 is 1.29 bits per heavy atom. The Balaban J connectivity index is 1.59. The predicted octanol–water partition coefficient (Wildman–Crippen LogP) is 1.85. The molecule has 0 aliphatic carbocycles. The number of hydrogen-bond acceptors (Lipinski definition) is 6. The fourth-order valence-corrected chi connectivity index (χ4v) is 2.48. The Kier molecular flexibility index (Phi) is 5.43. The number of carbonyl (C=O) groups is 1. The first-order valence-electron chi connectivity index (χ1n) is 8.29. The van der Waals surface area contributed by atoms with Gasteiger partial charge in [0.25, 0.3) is 0 Å². The number of carbonyl (C=O) groups excluding carboxylic acids is 1. The van der Waals surface area contributed by atoms with Crippen molar-refractivity contribution in [3.63, 3.8) is 0 Å². The molecular weight excluding hydrogens is 308 g/mol. The van der Waals surface area contributed by atoms with Gasteiger partial charge in [-0.25, -0.2) is 0 Å². The van der Waals surface area contributed by atoms with E-state index in [-0.39, 0.29) is 5.91 Å². The number of nitrogens with zero attached hydrogens (tertiary/aromatic N) is 3. The maximum atomic E-state index is 11.4. The fourth-order valence-electron chi connectivity index (χ4n) is 2.48. The summed E-state index contributed by atoms with van der Waals surface area (Å²) in [6.45, 7) is 5.15. The second-order valence-electron chi connectivity index (χ2n) is 5.79. The molecule has 0 bridgehead atoms. The highest BCUT2D eigenvalue weighted by Crippen LogP contribution is 2.22. The van der Waals surface area contributed by atoms with Crippen LogP contribution in [0.1, 0.15) is 25.7 Å². The predicted molar refractivity (Wildman–Crippen MR) is 88.4 cm³/mol. The van der Waals surface area contributed by atoms with Crippen LogP contribution in [0, 0.1) is 0 Å². The Morgan fingerprint density at radius 2 is 2.12 bits per heavy atom. The molecule has 3 rings (SSSR count). The minimum atomic E-state index is 0.0275. The minimum absolute atomic E-state index is 0.0275. The number of ether oxygens (including phenoxy) is 1. The molecule has 1 amide bonds. The monoisotopic (exact) mass is 330 g/mol. The van der Waals surface area contributed by atoms with Crippen molar-refractivity contribution >= 4 is 5.91 Å². The standard InChI is InChI=1S/C17H22N4O3/c1-2-3-10-23-14-6-4-13(5-7-14)17-20-19-16(24-17)12-21-9-8-18-15(22)11-21/h4-7H,2-3,8-12H2,1H3,(H,18,22). The lowest BCUT2D eigenvalue weighted by Crippen LogP contribution is -2.47. The molecule has 0 spiro atoms. The number of rotatable bonds is 7.